The van der Waals surface area contributed by atoms with Crippen molar-refractivity contribution in [3.63, 3.8) is 0 Å². The van der Waals surface area contributed by atoms with E-state index in [0.29, 0.717) is 26.0 Å². The number of hydrogen-bond acceptors (Lipinski definition) is 4. The summed E-state index contributed by atoms with van der Waals surface area (Å²) in [6.45, 7) is 2.82. The average Bonchev–Trinajstić information content (AvgIpc) is 2.82. The second-order valence-corrected chi connectivity index (χ2v) is 9.47. The molecule has 1 heterocycles. The Morgan fingerprint density at radius 2 is 1.69 bits per heavy atom. The summed E-state index contributed by atoms with van der Waals surface area (Å²) in [5.41, 5.74) is 2.61. The number of amides is 1. The van der Waals surface area contributed by atoms with Gasteiger partial charge in [-0.05, 0) is 48.7 Å². The van der Waals surface area contributed by atoms with Gasteiger partial charge in [0.25, 0.3) is 0 Å². The van der Waals surface area contributed by atoms with E-state index in [9.17, 15) is 13.2 Å². The van der Waals surface area contributed by atoms with Crippen LogP contribution in [0.15, 0.2) is 83.8 Å². The minimum absolute atomic E-state index is 0.0239. The van der Waals surface area contributed by atoms with Gasteiger partial charge >= 0.3 is 0 Å². The number of para-hydroxylation sites is 2. The molecule has 0 spiro atoms. The molecule has 7 heteroatoms. The molecule has 1 atom stereocenters. The average molecular weight is 451 g/mol. The normalized spacial score (nSPS) is 14.3. The van der Waals surface area contributed by atoms with Crippen molar-refractivity contribution in [2.75, 3.05) is 18.1 Å². The first-order chi connectivity index (χ1) is 15.4. The highest BCUT2D eigenvalue weighted by Gasteiger charge is 2.23. The first kappa shape index (κ1) is 22.0. The maximum atomic E-state index is 12.8. The van der Waals surface area contributed by atoms with Gasteiger partial charge < -0.3 is 9.64 Å². The predicted molar refractivity (Wildman–Crippen MR) is 124 cm³/mol. The van der Waals surface area contributed by atoms with E-state index in [4.69, 9.17) is 4.74 Å². The van der Waals surface area contributed by atoms with Crippen LogP contribution in [-0.2, 0) is 21.2 Å². The predicted octanol–water partition coefficient (Wildman–Crippen LogP) is 4.08. The van der Waals surface area contributed by atoms with Crippen molar-refractivity contribution < 1.29 is 17.9 Å². The first-order valence-electron chi connectivity index (χ1n) is 10.6. The van der Waals surface area contributed by atoms with Crippen LogP contribution in [0.2, 0.25) is 0 Å². The smallest absolute Gasteiger partial charge is 0.241 e. The van der Waals surface area contributed by atoms with Crippen LogP contribution >= 0.6 is 0 Å². The third-order valence-electron chi connectivity index (χ3n) is 5.52. The van der Waals surface area contributed by atoms with Crippen molar-refractivity contribution in [1.82, 2.24) is 4.72 Å². The topological polar surface area (TPSA) is 75.7 Å². The molecule has 166 valence electrons. The van der Waals surface area contributed by atoms with Gasteiger partial charge in [0.05, 0.1) is 17.1 Å². The summed E-state index contributed by atoms with van der Waals surface area (Å²) in [5.74, 6) is 0.745. The fourth-order valence-electron chi connectivity index (χ4n) is 3.76. The van der Waals surface area contributed by atoms with Crippen molar-refractivity contribution in [3.05, 3.63) is 90.0 Å². The van der Waals surface area contributed by atoms with Gasteiger partial charge in [0.2, 0.25) is 15.9 Å². The van der Waals surface area contributed by atoms with Gasteiger partial charge in [0.15, 0.2) is 0 Å². The second kappa shape index (κ2) is 9.54. The van der Waals surface area contributed by atoms with Gasteiger partial charge in [-0.15, -0.1) is 0 Å². The molecular weight excluding hydrogens is 424 g/mol. The SMILES string of the molecule is C[C@H](NS(=O)(=O)c1ccc(CCC(=O)N2CCOc3ccccc32)cc1)c1ccccc1. The number of anilines is 1. The summed E-state index contributed by atoms with van der Waals surface area (Å²) in [4.78, 5) is 14.7. The highest BCUT2D eigenvalue weighted by molar-refractivity contribution is 7.89. The first-order valence-corrected chi connectivity index (χ1v) is 12.1. The standard InChI is InChI=1S/C25H26N2O4S/c1-19(21-7-3-2-4-8-21)26-32(29,30)22-14-11-20(12-15-22)13-16-25(28)27-17-18-31-24-10-6-5-9-23(24)27/h2-12,14-15,19,26H,13,16-18H2,1H3/t19-/m0/s1. The molecule has 0 fully saturated rings. The molecule has 3 aromatic rings. The van der Waals surface area contributed by atoms with Crippen molar-refractivity contribution >= 4 is 21.6 Å². The number of rotatable bonds is 7. The number of ether oxygens (including phenoxy) is 1. The van der Waals surface area contributed by atoms with E-state index in [0.717, 1.165) is 22.6 Å². The molecule has 0 saturated carbocycles. The Morgan fingerprint density at radius 3 is 2.44 bits per heavy atom. The lowest BCUT2D eigenvalue weighted by Gasteiger charge is -2.29. The Labute approximate surface area is 188 Å². The molecule has 3 aromatic carbocycles. The van der Waals surface area contributed by atoms with Gasteiger partial charge in [0.1, 0.15) is 12.4 Å². The Hall–Kier alpha value is -3.16. The third-order valence-corrected chi connectivity index (χ3v) is 7.08. The molecular formula is C25H26N2O4S. The van der Waals surface area contributed by atoms with Crippen LogP contribution in [0.1, 0.15) is 30.5 Å². The van der Waals surface area contributed by atoms with Crippen LogP contribution in [0.5, 0.6) is 5.75 Å². The van der Waals surface area contributed by atoms with Crippen LogP contribution in [0, 0.1) is 0 Å². The molecule has 0 radical (unpaired) electrons. The third kappa shape index (κ3) is 5.00. The van der Waals surface area contributed by atoms with Crippen LogP contribution in [0.25, 0.3) is 0 Å². The van der Waals surface area contributed by atoms with E-state index < -0.39 is 10.0 Å². The number of hydrogen-bond donors (Lipinski definition) is 1. The zero-order chi connectivity index (χ0) is 22.6. The zero-order valence-corrected chi connectivity index (χ0v) is 18.7. The number of aryl methyl sites for hydroxylation is 1. The Bertz CT molecular complexity index is 1180. The highest BCUT2D eigenvalue weighted by atomic mass is 32.2. The number of fused-ring (bicyclic) bond motifs is 1. The number of benzene rings is 3. The monoisotopic (exact) mass is 450 g/mol. The Morgan fingerprint density at radius 1 is 1.00 bits per heavy atom. The summed E-state index contributed by atoms with van der Waals surface area (Å²) in [7, 11) is -3.65. The molecule has 0 aromatic heterocycles. The Balaban J connectivity index is 1.37. The maximum Gasteiger partial charge on any atom is 0.241 e. The second-order valence-electron chi connectivity index (χ2n) is 7.76. The lowest BCUT2D eigenvalue weighted by atomic mass is 10.1. The summed E-state index contributed by atoms with van der Waals surface area (Å²) in [5, 5.41) is 0. The number of nitrogens with one attached hydrogen (secondary N) is 1. The van der Waals surface area contributed by atoms with E-state index in [2.05, 4.69) is 4.72 Å². The number of carbonyl (C=O) groups excluding carboxylic acids is 1. The molecule has 0 aliphatic carbocycles. The fraction of sp³-hybridized carbons (Fsp3) is 0.240. The van der Waals surface area contributed by atoms with Crippen LogP contribution in [-0.4, -0.2) is 27.5 Å². The molecule has 1 amide bonds. The Kier molecular flexibility index (Phi) is 6.58. The molecule has 1 aliphatic rings. The van der Waals surface area contributed by atoms with E-state index in [1.807, 2.05) is 61.5 Å². The minimum Gasteiger partial charge on any atom is -0.490 e. The van der Waals surface area contributed by atoms with Crippen molar-refractivity contribution in [2.24, 2.45) is 0 Å². The van der Waals surface area contributed by atoms with Crippen molar-refractivity contribution in [2.45, 2.75) is 30.7 Å². The number of sulfonamides is 1. The maximum absolute atomic E-state index is 12.8. The fourth-order valence-corrected chi connectivity index (χ4v) is 4.99. The number of nitrogens with zero attached hydrogens (tertiary/aromatic N) is 1. The minimum atomic E-state index is -3.65. The highest BCUT2D eigenvalue weighted by Crippen LogP contribution is 2.31. The van der Waals surface area contributed by atoms with Gasteiger partial charge in [-0.3, -0.25) is 4.79 Å². The van der Waals surface area contributed by atoms with Crippen LogP contribution < -0.4 is 14.4 Å². The van der Waals surface area contributed by atoms with Crippen molar-refractivity contribution in [1.29, 1.82) is 0 Å². The zero-order valence-electron chi connectivity index (χ0n) is 17.9. The van der Waals surface area contributed by atoms with Gasteiger partial charge in [-0.25, -0.2) is 13.1 Å². The largest absolute Gasteiger partial charge is 0.490 e. The lowest BCUT2D eigenvalue weighted by molar-refractivity contribution is -0.118. The van der Waals surface area contributed by atoms with Gasteiger partial charge in [-0.2, -0.15) is 0 Å². The summed E-state index contributed by atoms with van der Waals surface area (Å²) < 4.78 is 33.8. The van der Waals surface area contributed by atoms with Crippen LogP contribution in [0.3, 0.4) is 0 Å². The van der Waals surface area contributed by atoms with E-state index in [1.165, 1.54) is 0 Å². The van der Waals surface area contributed by atoms with Crippen LogP contribution in [0.4, 0.5) is 5.69 Å². The molecule has 0 bridgehead atoms. The summed E-state index contributed by atoms with van der Waals surface area (Å²) in [6, 6.07) is 23.3. The van der Waals surface area contributed by atoms with Gasteiger partial charge in [-0.1, -0.05) is 54.6 Å². The van der Waals surface area contributed by atoms with Gasteiger partial charge in [0, 0.05) is 12.5 Å². The molecule has 1 N–H and O–H groups in total. The van der Waals surface area contributed by atoms with E-state index in [1.54, 1.807) is 29.2 Å². The number of carbonyl (C=O) groups is 1. The summed E-state index contributed by atoms with van der Waals surface area (Å²) in [6.07, 6.45) is 0.871. The molecule has 32 heavy (non-hydrogen) atoms. The van der Waals surface area contributed by atoms with E-state index >= 15 is 0 Å². The molecule has 0 unspecified atom stereocenters. The molecule has 4 rings (SSSR count). The van der Waals surface area contributed by atoms with Crippen molar-refractivity contribution in [3.8, 4) is 5.75 Å². The lowest BCUT2D eigenvalue weighted by Crippen LogP contribution is -2.38. The molecule has 1 aliphatic heterocycles. The quantitative estimate of drug-likeness (QED) is 0.588. The molecule has 6 nitrogen and oxygen atoms in total. The van der Waals surface area contributed by atoms with E-state index in [-0.39, 0.29) is 16.8 Å². The summed E-state index contributed by atoms with van der Waals surface area (Å²) >= 11 is 0. The molecule has 0 saturated heterocycles.